The number of fused-ring (bicyclic) bond motifs is 2. The monoisotopic (exact) mass is 476 g/mol. The van der Waals surface area contributed by atoms with Gasteiger partial charge in [-0.25, -0.2) is 4.98 Å². The maximum absolute atomic E-state index is 13.6. The van der Waals surface area contributed by atoms with Crippen LogP contribution in [-0.2, 0) is 17.8 Å². The van der Waals surface area contributed by atoms with Gasteiger partial charge in [0.15, 0.2) is 0 Å². The number of hydrogen-bond acceptors (Lipinski definition) is 6. The zero-order valence-electron chi connectivity index (χ0n) is 18.5. The van der Waals surface area contributed by atoms with E-state index in [1.54, 1.807) is 23.2 Å². The first-order valence-corrected chi connectivity index (χ1v) is 12.3. The quantitative estimate of drug-likeness (QED) is 0.414. The Morgan fingerprint density at radius 1 is 1.15 bits per heavy atom. The minimum atomic E-state index is -0.191. The molecular formula is C25H24N4O2S2. The molecule has 1 aromatic carbocycles. The van der Waals surface area contributed by atoms with Crippen molar-refractivity contribution in [1.29, 1.82) is 0 Å². The molecule has 3 aromatic rings. The Labute approximate surface area is 201 Å². The first kappa shape index (κ1) is 21.9. The largest absolute Gasteiger partial charge is 0.351 e. The molecule has 2 aliphatic heterocycles. The summed E-state index contributed by atoms with van der Waals surface area (Å²) < 4.78 is 2.06. The molecule has 1 saturated heterocycles. The number of benzene rings is 1. The lowest BCUT2D eigenvalue weighted by Crippen LogP contribution is -2.36. The van der Waals surface area contributed by atoms with Crippen molar-refractivity contribution in [3.8, 4) is 0 Å². The van der Waals surface area contributed by atoms with E-state index in [0.717, 1.165) is 19.4 Å². The van der Waals surface area contributed by atoms with Gasteiger partial charge in [0.05, 0.1) is 10.5 Å². The van der Waals surface area contributed by atoms with Crippen molar-refractivity contribution in [2.45, 2.75) is 39.3 Å². The number of pyridine rings is 1. The maximum atomic E-state index is 13.6. The van der Waals surface area contributed by atoms with Gasteiger partial charge < -0.3 is 4.90 Å². The Hall–Kier alpha value is -2.97. The molecule has 1 unspecified atom stereocenters. The maximum Gasteiger partial charge on any atom is 0.267 e. The zero-order valence-corrected chi connectivity index (χ0v) is 20.2. The van der Waals surface area contributed by atoms with Gasteiger partial charge in [0.2, 0.25) is 0 Å². The van der Waals surface area contributed by atoms with Crippen LogP contribution in [0.4, 0.5) is 5.82 Å². The van der Waals surface area contributed by atoms with Gasteiger partial charge in [0.25, 0.3) is 11.5 Å². The minimum absolute atomic E-state index is 0.0114. The smallest absolute Gasteiger partial charge is 0.267 e. The van der Waals surface area contributed by atoms with Gasteiger partial charge in [-0.15, -0.1) is 0 Å². The van der Waals surface area contributed by atoms with Gasteiger partial charge in [-0.05, 0) is 49.1 Å². The van der Waals surface area contributed by atoms with E-state index in [-0.39, 0.29) is 17.5 Å². The molecule has 1 atom stereocenters. The van der Waals surface area contributed by atoms with Crippen molar-refractivity contribution in [3.05, 3.63) is 80.6 Å². The van der Waals surface area contributed by atoms with Gasteiger partial charge in [0.1, 0.15) is 15.8 Å². The average Bonchev–Trinajstić information content (AvgIpc) is 3.12. The fraction of sp³-hybridized carbons (Fsp3) is 0.280. The second kappa shape index (κ2) is 8.76. The van der Waals surface area contributed by atoms with Crippen LogP contribution in [0, 0.1) is 0 Å². The fourth-order valence-electron chi connectivity index (χ4n) is 4.31. The summed E-state index contributed by atoms with van der Waals surface area (Å²) in [6.45, 7) is 5.43. The number of carbonyl (C=O) groups is 1. The number of thioether (sulfide) groups is 1. The number of hydrogen-bond donors (Lipinski definition) is 0. The molecular weight excluding hydrogens is 452 g/mol. The van der Waals surface area contributed by atoms with E-state index >= 15 is 0 Å². The Bertz CT molecular complexity index is 1360. The summed E-state index contributed by atoms with van der Waals surface area (Å²) in [5.74, 6) is 0.460. The minimum Gasteiger partial charge on any atom is -0.351 e. The second-order valence-electron chi connectivity index (χ2n) is 8.33. The van der Waals surface area contributed by atoms with E-state index < -0.39 is 0 Å². The van der Waals surface area contributed by atoms with Gasteiger partial charge in [-0.1, -0.05) is 61.2 Å². The third-order valence-corrected chi connectivity index (χ3v) is 7.64. The first-order valence-electron chi connectivity index (χ1n) is 11.1. The molecule has 33 heavy (non-hydrogen) atoms. The molecule has 0 saturated carbocycles. The van der Waals surface area contributed by atoms with Crippen molar-refractivity contribution in [2.24, 2.45) is 0 Å². The number of amides is 1. The standard InChI is InChI=1S/C25H24N4O2S2/c1-3-16(2)29-24(31)20(33-25(29)32)14-19-22(26-21-10-6-7-12-28(21)23(19)30)27-13-11-17-8-4-5-9-18(17)15-27/h4-10,12,14,16H,3,11,13,15H2,1-2H3. The lowest BCUT2D eigenvalue weighted by Gasteiger charge is -2.30. The number of nitrogens with zero attached hydrogens (tertiary/aromatic N) is 4. The van der Waals surface area contributed by atoms with Crippen LogP contribution in [-0.4, -0.2) is 37.1 Å². The Morgan fingerprint density at radius 3 is 2.70 bits per heavy atom. The van der Waals surface area contributed by atoms with Crippen molar-refractivity contribution in [1.82, 2.24) is 14.3 Å². The molecule has 0 aliphatic carbocycles. The normalized spacial score (nSPS) is 18.3. The van der Waals surface area contributed by atoms with Crippen molar-refractivity contribution in [2.75, 3.05) is 11.4 Å². The summed E-state index contributed by atoms with van der Waals surface area (Å²) >= 11 is 6.74. The highest BCUT2D eigenvalue weighted by atomic mass is 32.2. The summed E-state index contributed by atoms with van der Waals surface area (Å²) in [5, 5.41) is 0. The van der Waals surface area contributed by atoms with Crippen LogP contribution in [0.2, 0.25) is 0 Å². The van der Waals surface area contributed by atoms with Gasteiger partial charge >= 0.3 is 0 Å². The molecule has 168 valence electrons. The molecule has 0 spiro atoms. The van der Waals surface area contributed by atoms with Crippen LogP contribution in [0.15, 0.2) is 58.4 Å². The van der Waals surface area contributed by atoms with E-state index in [1.165, 1.54) is 27.3 Å². The zero-order chi connectivity index (χ0) is 23.1. The van der Waals surface area contributed by atoms with E-state index in [1.807, 2.05) is 32.0 Å². The van der Waals surface area contributed by atoms with E-state index in [4.69, 9.17) is 17.2 Å². The van der Waals surface area contributed by atoms with Crippen LogP contribution in [0.25, 0.3) is 11.7 Å². The summed E-state index contributed by atoms with van der Waals surface area (Å²) in [7, 11) is 0. The second-order valence-corrected chi connectivity index (χ2v) is 10.0. The lowest BCUT2D eigenvalue weighted by atomic mass is 9.99. The van der Waals surface area contributed by atoms with E-state index in [9.17, 15) is 9.59 Å². The summed E-state index contributed by atoms with van der Waals surface area (Å²) in [5.41, 5.74) is 3.36. The van der Waals surface area contributed by atoms with Crippen LogP contribution in [0.1, 0.15) is 37.0 Å². The number of anilines is 1. The number of thiocarbonyl (C=S) groups is 1. The van der Waals surface area contributed by atoms with Gasteiger partial charge in [0, 0.05) is 25.3 Å². The Morgan fingerprint density at radius 2 is 1.91 bits per heavy atom. The van der Waals surface area contributed by atoms with Crippen molar-refractivity contribution >= 4 is 51.7 Å². The molecule has 2 aromatic heterocycles. The van der Waals surface area contributed by atoms with Crippen LogP contribution in [0.3, 0.4) is 0 Å². The molecule has 1 fully saturated rings. The Kier molecular flexibility index (Phi) is 5.80. The molecule has 0 N–H and O–H groups in total. The highest BCUT2D eigenvalue weighted by molar-refractivity contribution is 8.26. The highest BCUT2D eigenvalue weighted by Gasteiger charge is 2.35. The SMILES string of the molecule is CCC(C)N1C(=O)C(=Cc2c(N3CCc4ccccc4C3)nc3ccccn3c2=O)SC1=S. The summed E-state index contributed by atoms with van der Waals surface area (Å²) in [6.07, 6.45) is 5.08. The van der Waals surface area contributed by atoms with Gasteiger partial charge in [-0.2, -0.15) is 0 Å². The van der Waals surface area contributed by atoms with Crippen LogP contribution >= 0.6 is 24.0 Å². The third kappa shape index (κ3) is 3.87. The number of rotatable bonds is 4. The van der Waals surface area contributed by atoms with Crippen molar-refractivity contribution in [3.63, 3.8) is 0 Å². The average molecular weight is 477 g/mol. The molecule has 0 radical (unpaired) electrons. The van der Waals surface area contributed by atoms with Crippen LogP contribution in [0.5, 0.6) is 0 Å². The third-order valence-electron chi connectivity index (χ3n) is 6.31. The highest BCUT2D eigenvalue weighted by Crippen LogP contribution is 2.35. The molecule has 8 heteroatoms. The van der Waals surface area contributed by atoms with E-state index in [2.05, 4.69) is 23.1 Å². The summed E-state index contributed by atoms with van der Waals surface area (Å²) in [4.78, 5) is 35.8. The molecule has 6 nitrogen and oxygen atoms in total. The molecule has 4 heterocycles. The van der Waals surface area contributed by atoms with Crippen molar-refractivity contribution < 1.29 is 4.79 Å². The summed E-state index contributed by atoms with van der Waals surface area (Å²) in [6, 6.07) is 13.9. The first-order chi connectivity index (χ1) is 16.0. The molecule has 2 aliphatic rings. The predicted octanol–water partition coefficient (Wildman–Crippen LogP) is 4.26. The number of carbonyl (C=O) groups excluding carboxylic acids is 1. The molecule has 1 amide bonds. The molecule has 5 rings (SSSR count). The fourth-order valence-corrected chi connectivity index (χ4v) is 5.75. The lowest BCUT2D eigenvalue weighted by molar-refractivity contribution is -0.123. The van der Waals surface area contributed by atoms with Gasteiger partial charge in [-0.3, -0.25) is 18.9 Å². The molecule has 0 bridgehead atoms. The topological polar surface area (TPSA) is 57.9 Å². The number of aromatic nitrogens is 2. The van der Waals surface area contributed by atoms with Crippen LogP contribution < -0.4 is 10.5 Å². The van der Waals surface area contributed by atoms with E-state index in [0.29, 0.717) is 32.8 Å². The predicted molar refractivity (Wildman–Crippen MR) is 137 cm³/mol. The Balaban J connectivity index is 1.64.